The van der Waals surface area contributed by atoms with E-state index in [1.165, 1.54) is 4.90 Å². The van der Waals surface area contributed by atoms with Crippen molar-refractivity contribution in [2.45, 2.75) is 44.6 Å². The number of piperidine rings is 1. The molecule has 21 heavy (non-hydrogen) atoms. The quantitative estimate of drug-likeness (QED) is 0.700. The molecule has 3 aliphatic carbocycles. The molecule has 0 aromatic heterocycles. The molecule has 5 rings (SSSR count). The number of imide groups is 2. The van der Waals surface area contributed by atoms with Crippen LogP contribution in [0.2, 0.25) is 0 Å². The van der Waals surface area contributed by atoms with Crippen LogP contribution in [-0.2, 0) is 19.2 Å². The van der Waals surface area contributed by atoms with Gasteiger partial charge in [-0.2, -0.15) is 0 Å². The number of hydrogen-bond donors (Lipinski definition) is 1. The van der Waals surface area contributed by atoms with Gasteiger partial charge in [-0.15, -0.1) is 0 Å². The van der Waals surface area contributed by atoms with Crippen LogP contribution in [0.1, 0.15) is 38.5 Å². The van der Waals surface area contributed by atoms with E-state index < -0.39 is 11.9 Å². The minimum Gasteiger partial charge on any atom is -0.295 e. The minimum absolute atomic E-state index is 0.172. The molecule has 0 radical (unpaired) electrons. The molecule has 0 aromatic rings. The van der Waals surface area contributed by atoms with Gasteiger partial charge in [0.15, 0.2) is 0 Å². The van der Waals surface area contributed by atoms with Gasteiger partial charge in [-0.25, -0.2) is 0 Å². The lowest BCUT2D eigenvalue weighted by atomic mass is 9.59. The zero-order valence-electron chi connectivity index (χ0n) is 11.7. The maximum Gasteiger partial charge on any atom is 0.249 e. The molecule has 0 unspecified atom stereocenters. The molecule has 112 valence electrons. The van der Waals surface area contributed by atoms with Crippen LogP contribution >= 0.6 is 0 Å². The topological polar surface area (TPSA) is 83.6 Å². The largest absolute Gasteiger partial charge is 0.295 e. The first kappa shape index (κ1) is 13.0. The Morgan fingerprint density at radius 1 is 0.810 bits per heavy atom. The highest BCUT2D eigenvalue weighted by Gasteiger charge is 2.60. The molecule has 4 amide bonds. The van der Waals surface area contributed by atoms with Gasteiger partial charge in [-0.05, 0) is 43.9 Å². The van der Waals surface area contributed by atoms with Crippen LogP contribution < -0.4 is 5.32 Å². The Bertz CT molecular complexity index is 520. The van der Waals surface area contributed by atoms with Crippen molar-refractivity contribution in [1.29, 1.82) is 0 Å². The van der Waals surface area contributed by atoms with Gasteiger partial charge in [0.25, 0.3) is 0 Å². The van der Waals surface area contributed by atoms with Crippen molar-refractivity contribution in [3.8, 4) is 0 Å². The van der Waals surface area contributed by atoms with E-state index in [4.69, 9.17) is 0 Å². The van der Waals surface area contributed by atoms with Crippen molar-refractivity contribution in [2.24, 2.45) is 23.7 Å². The lowest BCUT2D eigenvalue weighted by Crippen LogP contribution is -2.54. The first-order chi connectivity index (χ1) is 10.1. The lowest BCUT2D eigenvalue weighted by Gasteiger charge is -2.42. The highest BCUT2D eigenvalue weighted by Crippen LogP contribution is 2.53. The summed E-state index contributed by atoms with van der Waals surface area (Å²) in [6.45, 7) is 0. The number of nitrogens with one attached hydrogen (secondary N) is 1. The number of hydrogen-bond acceptors (Lipinski definition) is 4. The molecule has 6 nitrogen and oxygen atoms in total. The fourth-order valence-electron chi connectivity index (χ4n) is 4.83. The van der Waals surface area contributed by atoms with Gasteiger partial charge in [0.05, 0.1) is 11.8 Å². The van der Waals surface area contributed by atoms with E-state index in [-0.39, 0.29) is 42.4 Å². The van der Waals surface area contributed by atoms with Gasteiger partial charge >= 0.3 is 0 Å². The summed E-state index contributed by atoms with van der Waals surface area (Å²) in [4.78, 5) is 49.8. The predicted molar refractivity (Wildman–Crippen MR) is 70.5 cm³/mol. The standard InChI is InChI=1S/C15H18N2O4/c18-10-6-5-9(13(19)16-10)17-14(20)11-7-1-2-8(4-3-7)12(11)15(17)21/h7-9,11-12H,1-6H2,(H,16,18,19)/t7?,8?,9-,11-,12-/m1/s1. The third-order valence-corrected chi connectivity index (χ3v) is 5.79. The van der Waals surface area contributed by atoms with Crippen molar-refractivity contribution in [1.82, 2.24) is 10.2 Å². The molecule has 5 fully saturated rings. The highest BCUT2D eigenvalue weighted by atomic mass is 16.2. The summed E-state index contributed by atoms with van der Waals surface area (Å²) in [6.07, 6.45) is 4.54. The fraction of sp³-hybridized carbons (Fsp3) is 0.733. The SMILES string of the molecule is O=C1CC[C@@H](N2C(=O)[C@@H]3C4CCC(CC4)[C@H]3C2=O)C(=O)N1. The average molecular weight is 290 g/mol. The van der Waals surface area contributed by atoms with Crippen molar-refractivity contribution >= 4 is 23.6 Å². The van der Waals surface area contributed by atoms with Crippen LogP contribution in [-0.4, -0.2) is 34.6 Å². The zero-order valence-corrected chi connectivity index (χ0v) is 11.7. The molecule has 0 spiro atoms. The maximum atomic E-state index is 12.7. The smallest absolute Gasteiger partial charge is 0.249 e. The summed E-state index contributed by atoms with van der Waals surface area (Å²) in [7, 11) is 0. The van der Waals surface area contributed by atoms with Gasteiger partial charge in [-0.1, -0.05) is 0 Å². The second-order valence-corrected chi connectivity index (χ2v) is 6.74. The fourth-order valence-corrected chi connectivity index (χ4v) is 4.83. The Labute approximate surface area is 122 Å². The van der Waals surface area contributed by atoms with Crippen LogP contribution in [0.3, 0.4) is 0 Å². The Balaban J connectivity index is 1.65. The normalized spacial score (nSPS) is 42.3. The number of likely N-dealkylation sites (tertiary alicyclic amines) is 1. The summed E-state index contributed by atoms with van der Waals surface area (Å²) in [5, 5.41) is 2.24. The second kappa shape index (κ2) is 4.39. The molecule has 2 bridgehead atoms. The Morgan fingerprint density at radius 3 is 1.81 bits per heavy atom. The third kappa shape index (κ3) is 1.71. The zero-order chi connectivity index (χ0) is 14.7. The highest BCUT2D eigenvalue weighted by molar-refractivity contribution is 6.11. The lowest BCUT2D eigenvalue weighted by molar-refractivity contribution is -0.151. The van der Waals surface area contributed by atoms with E-state index in [0.29, 0.717) is 11.8 Å². The number of fused-ring (bicyclic) bond motifs is 2. The summed E-state index contributed by atoms with van der Waals surface area (Å²) in [6, 6.07) is -0.785. The summed E-state index contributed by atoms with van der Waals surface area (Å²) >= 11 is 0. The Morgan fingerprint density at radius 2 is 1.33 bits per heavy atom. The first-order valence-electron chi connectivity index (χ1n) is 7.78. The first-order valence-corrected chi connectivity index (χ1v) is 7.78. The van der Waals surface area contributed by atoms with Gasteiger partial charge < -0.3 is 0 Å². The Kier molecular flexibility index (Phi) is 2.71. The van der Waals surface area contributed by atoms with Crippen LogP contribution in [0.5, 0.6) is 0 Å². The molecule has 2 saturated heterocycles. The molecule has 6 heteroatoms. The number of nitrogens with zero attached hydrogens (tertiary/aromatic N) is 1. The van der Waals surface area contributed by atoms with Gasteiger partial charge in [0.2, 0.25) is 23.6 Å². The van der Waals surface area contributed by atoms with E-state index >= 15 is 0 Å². The monoisotopic (exact) mass is 290 g/mol. The molecule has 2 aliphatic heterocycles. The van der Waals surface area contributed by atoms with Gasteiger partial charge in [0, 0.05) is 6.42 Å². The van der Waals surface area contributed by atoms with E-state index in [1.54, 1.807) is 0 Å². The van der Waals surface area contributed by atoms with E-state index in [9.17, 15) is 19.2 Å². The van der Waals surface area contributed by atoms with Crippen molar-refractivity contribution in [3.05, 3.63) is 0 Å². The molecule has 3 atom stereocenters. The molecule has 0 aromatic carbocycles. The molecule has 5 aliphatic rings. The molecule has 1 N–H and O–H groups in total. The maximum absolute atomic E-state index is 12.7. The van der Waals surface area contributed by atoms with E-state index in [1.807, 2.05) is 0 Å². The van der Waals surface area contributed by atoms with Crippen molar-refractivity contribution < 1.29 is 19.2 Å². The summed E-state index contributed by atoms with van der Waals surface area (Å²) < 4.78 is 0. The predicted octanol–water partition coefficient (Wildman–Crippen LogP) is 0.213. The van der Waals surface area contributed by atoms with Crippen LogP contribution in [0.4, 0.5) is 0 Å². The second-order valence-electron chi connectivity index (χ2n) is 6.74. The number of carbonyl (C=O) groups is 4. The molecule has 2 heterocycles. The van der Waals surface area contributed by atoms with Crippen molar-refractivity contribution in [3.63, 3.8) is 0 Å². The number of rotatable bonds is 1. The molecular weight excluding hydrogens is 272 g/mol. The number of carbonyl (C=O) groups excluding carboxylic acids is 4. The molecule has 3 saturated carbocycles. The van der Waals surface area contributed by atoms with E-state index in [0.717, 1.165) is 25.7 Å². The summed E-state index contributed by atoms with van der Waals surface area (Å²) in [5.74, 6) is -0.995. The van der Waals surface area contributed by atoms with Gasteiger partial charge in [0.1, 0.15) is 6.04 Å². The van der Waals surface area contributed by atoms with Gasteiger partial charge in [-0.3, -0.25) is 29.4 Å². The number of amides is 4. The Hall–Kier alpha value is -1.72. The van der Waals surface area contributed by atoms with E-state index in [2.05, 4.69) is 5.32 Å². The van der Waals surface area contributed by atoms with Crippen LogP contribution in [0.15, 0.2) is 0 Å². The third-order valence-electron chi connectivity index (χ3n) is 5.79. The molecular formula is C15H18N2O4. The van der Waals surface area contributed by atoms with Crippen LogP contribution in [0, 0.1) is 23.7 Å². The summed E-state index contributed by atoms with van der Waals surface area (Å²) in [5.41, 5.74) is 0. The van der Waals surface area contributed by atoms with Crippen molar-refractivity contribution in [2.75, 3.05) is 0 Å². The average Bonchev–Trinajstić information content (AvgIpc) is 2.75. The minimum atomic E-state index is -0.785. The van der Waals surface area contributed by atoms with Crippen LogP contribution in [0.25, 0.3) is 0 Å².